The standard InChI is InChI=1S/C21H16ClFN4O6/c1-2-3-18(28)26(24-20(30)12-4-9-15(22)16(10-12)27(32)33)17-11-19(29)25(21(17)31)14-7-5-13(23)6-8-14/h2-10,17H,11H2,1H3,(H,24,30). The van der Waals surface area contributed by atoms with Crippen molar-refractivity contribution < 1.29 is 28.5 Å². The van der Waals surface area contributed by atoms with Gasteiger partial charge in [0.05, 0.1) is 17.0 Å². The molecule has 12 heteroatoms. The fourth-order valence-electron chi connectivity index (χ4n) is 3.16. The summed E-state index contributed by atoms with van der Waals surface area (Å²) >= 11 is 5.76. The number of halogens is 2. The van der Waals surface area contributed by atoms with Gasteiger partial charge in [-0.2, -0.15) is 0 Å². The minimum Gasteiger partial charge on any atom is -0.274 e. The maximum absolute atomic E-state index is 13.2. The van der Waals surface area contributed by atoms with Gasteiger partial charge in [0.1, 0.15) is 16.9 Å². The zero-order chi connectivity index (χ0) is 24.3. The van der Waals surface area contributed by atoms with Crippen LogP contribution in [0.2, 0.25) is 5.02 Å². The van der Waals surface area contributed by atoms with Crippen molar-refractivity contribution in [3.05, 3.63) is 81.1 Å². The van der Waals surface area contributed by atoms with Crippen LogP contribution in [0.5, 0.6) is 0 Å². The Morgan fingerprint density at radius 1 is 1.24 bits per heavy atom. The van der Waals surface area contributed by atoms with E-state index in [4.69, 9.17) is 11.6 Å². The molecule has 1 heterocycles. The van der Waals surface area contributed by atoms with Gasteiger partial charge in [0.15, 0.2) is 0 Å². The van der Waals surface area contributed by atoms with E-state index in [0.29, 0.717) is 5.01 Å². The number of nitrogens with zero attached hydrogens (tertiary/aromatic N) is 3. The molecular weight excluding hydrogens is 459 g/mol. The third kappa shape index (κ3) is 4.88. The number of nitro benzene ring substituents is 1. The molecule has 0 saturated carbocycles. The van der Waals surface area contributed by atoms with Crippen molar-refractivity contribution in [1.29, 1.82) is 0 Å². The van der Waals surface area contributed by atoms with Gasteiger partial charge in [-0.15, -0.1) is 0 Å². The van der Waals surface area contributed by atoms with Crippen LogP contribution in [0, 0.1) is 15.9 Å². The summed E-state index contributed by atoms with van der Waals surface area (Å²) in [6, 6.07) is 6.49. The molecule has 0 radical (unpaired) electrons. The second kappa shape index (κ2) is 9.57. The van der Waals surface area contributed by atoms with Gasteiger partial charge in [0, 0.05) is 17.7 Å². The molecule has 4 amide bonds. The summed E-state index contributed by atoms with van der Waals surface area (Å²) in [7, 11) is 0. The maximum atomic E-state index is 13.2. The maximum Gasteiger partial charge on any atom is 0.288 e. The van der Waals surface area contributed by atoms with Gasteiger partial charge in [0.2, 0.25) is 5.91 Å². The topological polar surface area (TPSA) is 130 Å². The number of allylic oxidation sites excluding steroid dienone is 1. The number of benzene rings is 2. The van der Waals surface area contributed by atoms with Crippen LogP contribution in [0.1, 0.15) is 23.7 Å². The first-order valence-corrected chi connectivity index (χ1v) is 9.85. The Balaban J connectivity index is 1.91. The Labute approximate surface area is 191 Å². The summed E-state index contributed by atoms with van der Waals surface area (Å²) < 4.78 is 13.2. The highest BCUT2D eigenvalue weighted by Crippen LogP contribution is 2.27. The average molecular weight is 475 g/mol. The third-order valence-electron chi connectivity index (χ3n) is 4.69. The van der Waals surface area contributed by atoms with Crippen LogP contribution in [0.25, 0.3) is 0 Å². The van der Waals surface area contributed by atoms with E-state index in [9.17, 15) is 33.7 Å². The van der Waals surface area contributed by atoms with Gasteiger partial charge in [-0.05, 0) is 43.3 Å². The van der Waals surface area contributed by atoms with Crippen LogP contribution in [-0.2, 0) is 14.4 Å². The number of hydrazine groups is 1. The summed E-state index contributed by atoms with van der Waals surface area (Å²) in [5, 5.41) is 11.6. The zero-order valence-corrected chi connectivity index (χ0v) is 17.8. The number of hydrogen-bond donors (Lipinski definition) is 1. The molecule has 1 N–H and O–H groups in total. The van der Waals surface area contributed by atoms with Crippen LogP contribution < -0.4 is 10.3 Å². The van der Waals surface area contributed by atoms with Gasteiger partial charge >= 0.3 is 0 Å². The predicted octanol–water partition coefficient (Wildman–Crippen LogP) is 2.77. The predicted molar refractivity (Wildman–Crippen MR) is 115 cm³/mol. The molecule has 1 atom stereocenters. The van der Waals surface area contributed by atoms with Gasteiger partial charge in [0.25, 0.3) is 23.4 Å². The van der Waals surface area contributed by atoms with Crippen molar-refractivity contribution in [2.75, 3.05) is 4.90 Å². The van der Waals surface area contributed by atoms with Crippen LogP contribution in [0.15, 0.2) is 54.6 Å². The number of carbonyl (C=O) groups is 4. The Kier molecular flexibility index (Phi) is 6.83. The minimum absolute atomic E-state index is 0.104. The van der Waals surface area contributed by atoms with E-state index in [1.165, 1.54) is 31.2 Å². The monoisotopic (exact) mass is 474 g/mol. The number of nitrogens with one attached hydrogen (secondary N) is 1. The van der Waals surface area contributed by atoms with E-state index in [1.807, 2.05) is 0 Å². The number of nitro groups is 1. The lowest BCUT2D eigenvalue weighted by Gasteiger charge is -2.26. The lowest BCUT2D eigenvalue weighted by Crippen LogP contribution is -2.54. The van der Waals surface area contributed by atoms with Crippen LogP contribution in [0.3, 0.4) is 0 Å². The van der Waals surface area contributed by atoms with Crippen LogP contribution in [0.4, 0.5) is 15.8 Å². The second-order valence-electron chi connectivity index (χ2n) is 6.84. The molecule has 1 unspecified atom stereocenters. The number of hydrogen-bond acceptors (Lipinski definition) is 6. The minimum atomic E-state index is -1.39. The van der Waals surface area contributed by atoms with E-state index >= 15 is 0 Å². The number of rotatable bonds is 5. The molecule has 0 aromatic heterocycles. The first-order chi connectivity index (χ1) is 15.6. The molecule has 1 aliphatic rings. The summed E-state index contributed by atoms with van der Waals surface area (Å²) in [5.74, 6) is -3.78. The Morgan fingerprint density at radius 2 is 1.91 bits per heavy atom. The van der Waals surface area contributed by atoms with E-state index in [0.717, 1.165) is 35.2 Å². The fraction of sp³-hybridized carbons (Fsp3) is 0.143. The first kappa shape index (κ1) is 23.5. The Hall–Kier alpha value is -4.12. The molecule has 0 spiro atoms. The van der Waals surface area contributed by atoms with Gasteiger partial charge in [-0.3, -0.25) is 34.7 Å². The van der Waals surface area contributed by atoms with Crippen molar-refractivity contribution in [3.63, 3.8) is 0 Å². The molecule has 3 rings (SSSR count). The zero-order valence-electron chi connectivity index (χ0n) is 17.0. The molecule has 33 heavy (non-hydrogen) atoms. The van der Waals surface area contributed by atoms with Crippen molar-refractivity contribution in [1.82, 2.24) is 10.4 Å². The number of carbonyl (C=O) groups excluding carboxylic acids is 4. The lowest BCUT2D eigenvalue weighted by atomic mass is 10.2. The SMILES string of the molecule is CC=CC(=O)N(NC(=O)c1ccc(Cl)c([N+](=O)[O-])c1)C1CC(=O)N(c2ccc(F)cc2)C1=O. The number of anilines is 1. The quantitative estimate of drug-likeness (QED) is 0.307. The van der Waals surface area contributed by atoms with E-state index in [1.54, 1.807) is 0 Å². The van der Waals surface area contributed by atoms with E-state index in [2.05, 4.69) is 5.43 Å². The summed E-state index contributed by atoms with van der Waals surface area (Å²) in [6.07, 6.45) is 2.00. The number of imide groups is 1. The van der Waals surface area contributed by atoms with Crippen molar-refractivity contribution in [3.8, 4) is 0 Å². The molecule has 1 saturated heterocycles. The highest BCUT2D eigenvalue weighted by Gasteiger charge is 2.45. The normalized spacial score (nSPS) is 15.7. The smallest absolute Gasteiger partial charge is 0.274 e. The van der Waals surface area contributed by atoms with Crippen LogP contribution >= 0.6 is 11.6 Å². The largest absolute Gasteiger partial charge is 0.288 e. The molecule has 1 aliphatic heterocycles. The summed E-state index contributed by atoms with van der Waals surface area (Å²) in [5.41, 5.74) is 1.63. The molecule has 2 aromatic carbocycles. The average Bonchev–Trinajstić information content (AvgIpc) is 3.06. The molecule has 0 bridgehead atoms. The summed E-state index contributed by atoms with van der Waals surface area (Å²) in [4.78, 5) is 62.0. The van der Waals surface area contributed by atoms with E-state index in [-0.39, 0.29) is 16.3 Å². The molecular formula is C21H16ClFN4O6. The summed E-state index contributed by atoms with van der Waals surface area (Å²) in [6.45, 7) is 1.53. The Morgan fingerprint density at radius 3 is 2.52 bits per heavy atom. The molecule has 2 aromatic rings. The Bertz CT molecular complexity index is 1180. The number of amides is 4. The highest BCUT2D eigenvalue weighted by molar-refractivity contribution is 6.32. The third-order valence-corrected chi connectivity index (χ3v) is 5.01. The molecule has 0 aliphatic carbocycles. The highest BCUT2D eigenvalue weighted by atomic mass is 35.5. The molecule has 10 nitrogen and oxygen atoms in total. The van der Waals surface area contributed by atoms with E-state index < -0.39 is 52.5 Å². The molecule has 1 fully saturated rings. The second-order valence-corrected chi connectivity index (χ2v) is 7.24. The van der Waals surface area contributed by atoms with Crippen molar-refractivity contribution >= 4 is 46.6 Å². The fourth-order valence-corrected chi connectivity index (χ4v) is 3.34. The lowest BCUT2D eigenvalue weighted by molar-refractivity contribution is -0.384. The molecule has 170 valence electrons. The van der Waals surface area contributed by atoms with Crippen molar-refractivity contribution in [2.45, 2.75) is 19.4 Å². The first-order valence-electron chi connectivity index (χ1n) is 9.47. The van der Waals surface area contributed by atoms with Gasteiger partial charge < -0.3 is 0 Å². The van der Waals surface area contributed by atoms with Crippen molar-refractivity contribution in [2.24, 2.45) is 0 Å². The van der Waals surface area contributed by atoms with Gasteiger partial charge in [-0.1, -0.05) is 17.7 Å². The van der Waals surface area contributed by atoms with Crippen LogP contribution in [-0.4, -0.2) is 39.6 Å². The van der Waals surface area contributed by atoms with Gasteiger partial charge in [-0.25, -0.2) is 14.3 Å².